The number of thioether (sulfide) groups is 1. The molecule has 0 aliphatic carbocycles. The molecule has 1 fully saturated rings. The number of carbonyl (C=O) groups excluding carboxylic acids is 2. The van der Waals surface area contributed by atoms with E-state index in [4.69, 9.17) is 0 Å². The second kappa shape index (κ2) is 6.45. The molecule has 1 aromatic heterocycles. The van der Waals surface area contributed by atoms with Crippen molar-refractivity contribution in [3.05, 3.63) is 61.8 Å². The fourth-order valence-electron chi connectivity index (χ4n) is 2.95. The van der Waals surface area contributed by atoms with Gasteiger partial charge in [-0.05, 0) is 56.3 Å². The zero-order valence-electron chi connectivity index (χ0n) is 14.8. The van der Waals surface area contributed by atoms with Gasteiger partial charge in [0.2, 0.25) is 0 Å². The Balaban J connectivity index is 2.08. The van der Waals surface area contributed by atoms with Crippen molar-refractivity contribution in [3.8, 4) is 5.69 Å². The molecule has 0 spiro atoms. The van der Waals surface area contributed by atoms with E-state index in [1.165, 1.54) is 7.05 Å². The number of carbonyl (C=O) groups is 2. The summed E-state index contributed by atoms with van der Waals surface area (Å²) in [6, 6.07) is 6.98. The van der Waals surface area contributed by atoms with Crippen molar-refractivity contribution in [2.75, 3.05) is 7.05 Å². The van der Waals surface area contributed by atoms with E-state index in [0.29, 0.717) is 16.2 Å². The van der Waals surface area contributed by atoms with E-state index in [2.05, 4.69) is 0 Å². The Labute approximate surface area is 154 Å². The zero-order valence-corrected chi connectivity index (χ0v) is 15.6. The van der Waals surface area contributed by atoms with Crippen LogP contribution < -0.4 is 0 Å². The molecule has 134 valence electrons. The molecule has 1 aromatic carbocycles. The third kappa shape index (κ3) is 2.92. The summed E-state index contributed by atoms with van der Waals surface area (Å²) in [5.41, 5.74) is 3.85. The number of nitro benzene ring substituents is 1. The molecule has 26 heavy (non-hydrogen) atoms. The summed E-state index contributed by atoms with van der Waals surface area (Å²) in [7, 11) is 1.45. The average molecular weight is 371 g/mol. The maximum absolute atomic E-state index is 12.1. The molecule has 1 aliphatic heterocycles. The number of benzene rings is 1. The van der Waals surface area contributed by atoms with Crippen LogP contribution in [-0.2, 0) is 4.79 Å². The maximum Gasteiger partial charge on any atom is 0.293 e. The average Bonchev–Trinajstić information content (AvgIpc) is 2.99. The first-order valence-electron chi connectivity index (χ1n) is 7.86. The number of nitro groups is 1. The summed E-state index contributed by atoms with van der Waals surface area (Å²) < 4.78 is 1.90. The molecule has 3 rings (SSSR count). The molecule has 7 nitrogen and oxygen atoms in total. The van der Waals surface area contributed by atoms with Crippen LogP contribution in [0.3, 0.4) is 0 Å². The van der Waals surface area contributed by atoms with E-state index >= 15 is 0 Å². The van der Waals surface area contributed by atoms with Crippen LogP contribution in [0.2, 0.25) is 0 Å². The number of aryl methyl sites for hydroxylation is 2. The minimum Gasteiger partial charge on any atom is -0.318 e. The SMILES string of the molecule is Cc1ccc(-n2c(C)cc(/C=C3\SC(=O)N(C)C3=O)c2C)cc1[N+](=O)[O-]. The van der Waals surface area contributed by atoms with E-state index in [-0.39, 0.29) is 16.8 Å². The second-order valence-corrected chi connectivity index (χ2v) is 7.12. The number of likely N-dealkylation sites (N-methyl/N-ethyl adjacent to an activating group) is 1. The number of hydrogen-bond acceptors (Lipinski definition) is 5. The lowest BCUT2D eigenvalue weighted by atomic mass is 10.1. The summed E-state index contributed by atoms with van der Waals surface area (Å²) >= 11 is 0.905. The van der Waals surface area contributed by atoms with Crippen molar-refractivity contribution < 1.29 is 14.5 Å². The molecule has 0 saturated carbocycles. The third-order valence-corrected chi connectivity index (χ3v) is 5.35. The number of nitrogens with zero attached hydrogens (tertiary/aromatic N) is 3. The van der Waals surface area contributed by atoms with Crippen LogP contribution in [0.1, 0.15) is 22.5 Å². The zero-order chi connectivity index (χ0) is 19.2. The molecule has 2 amide bonds. The van der Waals surface area contributed by atoms with E-state index < -0.39 is 4.92 Å². The normalized spacial score (nSPS) is 16.0. The van der Waals surface area contributed by atoms with Crippen LogP contribution in [0.4, 0.5) is 10.5 Å². The molecule has 0 bridgehead atoms. The van der Waals surface area contributed by atoms with Crippen molar-refractivity contribution in [2.45, 2.75) is 20.8 Å². The number of aromatic nitrogens is 1. The van der Waals surface area contributed by atoms with Gasteiger partial charge in [-0.25, -0.2) is 0 Å². The standard InChI is InChI=1S/C18H17N3O4S/c1-10-5-6-14(9-15(10)21(24)25)20-11(2)7-13(12(20)3)8-16-17(22)19(4)18(23)26-16/h5-9H,1-4H3/b16-8-. The molecule has 2 aromatic rings. The number of imide groups is 1. The summed E-state index contributed by atoms with van der Waals surface area (Å²) in [5, 5.41) is 10.9. The highest BCUT2D eigenvalue weighted by Crippen LogP contribution is 2.33. The molecule has 0 unspecified atom stereocenters. The summed E-state index contributed by atoms with van der Waals surface area (Å²) in [6.07, 6.45) is 1.69. The Morgan fingerprint density at radius 2 is 1.85 bits per heavy atom. The molecule has 0 atom stereocenters. The Hall–Kier alpha value is -2.87. The van der Waals surface area contributed by atoms with E-state index in [9.17, 15) is 19.7 Å². The van der Waals surface area contributed by atoms with Crippen LogP contribution in [0.25, 0.3) is 11.8 Å². The van der Waals surface area contributed by atoms with Gasteiger partial charge in [-0.15, -0.1) is 0 Å². The van der Waals surface area contributed by atoms with Gasteiger partial charge in [-0.1, -0.05) is 6.07 Å². The lowest BCUT2D eigenvalue weighted by Crippen LogP contribution is -2.22. The Bertz CT molecular complexity index is 991. The number of rotatable bonds is 3. The van der Waals surface area contributed by atoms with Gasteiger partial charge in [0, 0.05) is 30.1 Å². The van der Waals surface area contributed by atoms with Crippen molar-refractivity contribution in [1.29, 1.82) is 0 Å². The Morgan fingerprint density at radius 1 is 1.15 bits per heavy atom. The fraction of sp³-hybridized carbons (Fsp3) is 0.222. The van der Waals surface area contributed by atoms with Crippen molar-refractivity contribution >= 4 is 34.7 Å². The van der Waals surface area contributed by atoms with Gasteiger partial charge in [0.1, 0.15) is 0 Å². The first kappa shape index (κ1) is 17.9. The van der Waals surface area contributed by atoms with Gasteiger partial charge in [0.25, 0.3) is 16.8 Å². The predicted molar refractivity (Wildman–Crippen MR) is 100 cm³/mol. The van der Waals surface area contributed by atoms with Gasteiger partial charge in [0.05, 0.1) is 15.5 Å². The minimum absolute atomic E-state index is 0.0589. The monoisotopic (exact) mass is 371 g/mol. The molecular formula is C18H17N3O4S. The quantitative estimate of drug-likeness (QED) is 0.463. The van der Waals surface area contributed by atoms with Crippen LogP contribution in [-0.4, -0.2) is 32.6 Å². The third-order valence-electron chi connectivity index (χ3n) is 4.39. The second-order valence-electron chi connectivity index (χ2n) is 6.13. The molecule has 0 N–H and O–H groups in total. The number of amides is 2. The molecule has 8 heteroatoms. The highest BCUT2D eigenvalue weighted by Gasteiger charge is 2.32. The Kier molecular flexibility index (Phi) is 4.45. The predicted octanol–water partition coefficient (Wildman–Crippen LogP) is 3.98. The summed E-state index contributed by atoms with van der Waals surface area (Å²) in [4.78, 5) is 36.0. The first-order chi connectivity index (χ1) is 12.2. The molecular weight excluding hydrogens is 354 g/mol. The lowest BCUT2D eigenvalue weighted by Gasteiger charge is -2.10. The van der Waals surface area contributed by atoms with Gasteiger partial charge in [-0.3, -0.25) is 24.6 Å². The highest BCUT2D eigenvalue weighted by atomic mass is 32.2. The van der Waals surface area contributed by atoms with Gasteiger partial charge < -0.3 is 4.57 Å². The molecule has 2 heterocycles. The Morgan fingerprint density at radius 3 is 2.42 bits per heavy atom. The highest BCUT2D eigenvalue weighted by molar-refractivity contribution is 8.18. The molecule has 0 radical (unpaired) electrons. The van der Waals surface area contributed by atoms with Crippen molar-refractivity contribution in [1.82, 2.24) is 9.47 Å². The van der Waals surface area contributed by atoms with Crippen LogP contribution in [0.5, 0.6) is 0 Å². The van der Waals surface area contributed by atoms with E-state index in [1.807, 2.05) is 30.5 Å². The smallest absolute Gasteiger partial charge is 0.293 e. The van der Waals surface area contributed by atoms with Crippen LogP contribution in [0, 0.1) is 30.9 Å². The van der Waals surface area contributed by atoms with Gasteiger partial charge >= 0.3 is 0 Å². The van der Waals surface area contributed by atoms with Gasteiger partial charge in [-0.2, -0.15) is 0 Å². The molecule has 1 aliphatic rings. The topological polar surface area (TPSA) is 85.5 Å². The van der Waals surface area contributed by atoms with E-state index in [1.54, 1.807) is 25.1 Å². The first-order valence-corrected chi connectivity index (χ1v) is 8.68. The minimum atomic E-state index is -0.398. The van der Waals surface area contributed by atoms with Crippen LogP contribution in [0.15, 0.2) is 29.2 Å². The van der Waals surface area contributed by atoms with E-state index in [0.717, 1.165) is 33.6 Å². The summed E-state index contributed by atoms with van der Waals surface area (Å²) in [5.74, 6) is -0.323. The maximum atomic E-state index is 12.1. The fourth-order valence-corrected chi connectivity index (χ4v) is 3.77. The van der Waals surface area contributed by atoms with Gasteiger partial charge in [0.15, 0.2) is 0 Å². The molecule has 1 saturated heterocycles. The lowest BCUT2D eigenvalue weighted by molar-refractivity contribution is -0.385. The summed E-state index contributed by atoms with van der Waals surface area (Å²) in [6.45, 7) is 5.46. The van der Waals surface area contributed by atoms with Crippen molar-refractivity contribution in [3.63, 3.8) is 0 Å². The largest absolute Gasteiger partial charge is 0.318 e. The van der Waals surface area contributed by atoms with Crippen LogP contribution >= 0.6 is 11.8 Å². The number of hydrogen-bond donors (Lipinski definition) is 0. The van der Waals surface area contributed by atoms with Crippen molar-refractivity contribution in [2.24, 2.45) is 0 Å².